The standard InChI is InChI=1S/C12H15N3O/c1-9-4-6-13-12-10(9)5-7-15(12)8-11(16)14(2)3/h4-7H,8H2,1-3H3. The molecular formula is C12H15N3O. The maximum absolute atomic E-state index is 11.6. The molecule has 0 aliphatic carbocycles. The van der Waals surface area contributed by atoms with Crippen LogP contribution in [0.4, 0.5) is 0 Å². The molecule has 16 heavy (non-hydrogen) atoms. The van der Waals surface area contributed by atoms with Gasteiger partial charge in [-0.3, -0.25) is 4.79 Å². The van der Waals surface area contributed by atoms with Crippen LogP contribution in [0.1, 0.15) is 5.56 Å². The molecule has 2 aromatic rings. The van der Waals surface area contributed by atoms with Crippen molar-refractivity contribution in [2.45, 2.75) is 13.5 Å². The van der Waals surface area contributed by atoms with Gasteiger partial charge >= 0.3 is 0 Å². The Morgan fingerprint density at radius 3 is 2.88 bits per heavy atom. The van der Waals surface area contributed by atoms with Crippen LogP contribution in [0.3, 0.4) is 0 Å². The van der Waals surface area contributed by atoms with E-state index in [-0.39, 0.29) is 5.91 Å². The highest BCUT2D eigenvalue weighted by Crippen LogP contribution is 2.16. The van der Waals surface area contributed by atoms with E-state index in [1.165, 1.54) is 5.56 Å². The summed E-state index contributed by atoms with van der Waals surface area (Å²) in [5.74, 6) is 0.0702. The Bertz CT molecular complexity index is 528. The Hall–Kier alpha value is -1.84. The van der Waals surface area contributed by atoms with E-state index in [1.807, 2.05) is 29.8 Å². The molecule has 0 aliphatic rings. The summed E-state index contributed by atoms with van der Waals surface area (Å²) in [6, 6.07) is 3.97. The van der Waals surface area contributed by atoms with E-state index in [4.69, 9.17) is 0 Å². The van der Waals surface area contributed by atoms with E-state index in [2.05, 4.69) is 4.98 Å². The zero-order valence-corrected chi connectivity index (χ0v) is 9.77. The van der Waals surface area contributed by atoms with Crippen molar-refractivity contribution in [3.63, 3.8) is 0 Å². The molecule has 4 nitrogen and oxygen atoms in total. The molecule has 0 unspecified atom stereocenters. The normalized spacial score (nSPS) is 10.7. The Balaban J connectivity index is 2.39. The lowest BCUT2D eigenvalue weighted by atomic mass is 10.2. The van der Waals surface area contributed by atoms with Crippen LogP contribution in [-0.2, 0) is 11.3 Å². The highest BCUT2D eigenvalue weighted by molar-refractivity contribution is 5.82. The SMILES string of the molecule is Cc1ccnc2c1ccn2CC(=O)N(C)C. The number of carbonyl (C=O) groups is 1. The predicted octanol–water partition coefficient (Wildman–Crippen LogP) is 1.43. The summed E-state index contributed by atoms with van der Waals surface area (Å²) in [6.07, 6.45) is 3.68. The Morgan fingerprint density at radius 2 is 2.19 bits per heavy atom. The van der Waals surface area contributed by atoms with Crippen LogP contribution < -0.4 is 0 Å². The number of fused-ring (bicyclic) bond motifs is 1. The molecular weight excluding hydrogens is 202 g/mol. The van der Waals surface area contributed by atoms with Gasteiger partial charge < -0.3 is 9.47 Å². The van der Waals surface area contributed by atoms with Gasteiger partial charge in [-0.15, -0.1) is 0 Å². The van der Waals surface area contributed by atoms with Crippen LogP contribution in [0.2, 0.25) is 0 Å². The summed E-state index contributed by atoms with van der Waals surface area (Å²) in [7, 11) is 3.51. The quantitative estimate of drug-likeness (QED) is 0.763. The van der Waals surface area contributed by atoms with Crippen molar-refractivity contribution in [2.75, 3.05) is 14.1 Å². The molecule has 0 spiro atoms. The molecule has 2 rings (SSSR count). The highest BCUT2D eigenvalue weighted by Gasteiger charge is 2.09. The molecule has 0 aliphatic heterocycles. The third kappa shape index (κ3) is 1.78. The number of amides is 1. The number of nitrogens with zero attached hydrogens (tertiary/aromatic N) is 3. The van der Waals surface area contributed by atoms with Gasteiger partial charge in [0.2, 0.25) is 5.91 Å². The summed E-state index contributed by atoms with van der Waals surface area (Å²) in [5, 5.41) is 1.11. The molecule has 0 atom stereocenters. The van der Waals surface area contributed by atoms with Gasteiger partial charge in [0.05, 0.1) is 0 Å². The zero-order chi connectivity index (χ0) is 11.7. The lowest BCUT2D eigenvalue weighted by Crippen LogP contribution is -2.26. The first-order valence-corrected chi connectivity index (χ1v) is 5.20. The average molecular weight is 217 g/mol. The number of hydrogen-bond acceptors (Lipinski definition) is 2. The van der Waals surface area contributed by atoms with Crippen molar-refractivity contribution in [2.24, 2.45) is 0 Å². The third-order valence-electron chi connectivity index (χ3n) is 2.68. The first-order valence-electron chi connectivity index (χ1n) is 5.20. The maximum atomic E-state index is 11.6. The van der Waals surface area contributed by atoms with Gasteiger partial charge in [0.15, 0.2) is 0 Å². The Morgan fingerprint density at radius 1 is 1.44 bits per heavy atom. The third-order valence-corrected chi connectivity index (χ3v) is 2.68. The number of likely N-dealkylation sites (N-methyl/N-ethyl adjacent to an activating group) is 1. The van der Waals surface area contributed by atoms with Crippen molar-refractivity contribution < 1.29 is 4.79 Å². The van der Waals surface area contributed by atoms with E-state index in [9.17, 15) is 4.79 Å². The van der Waals surface area contributed by atoms with Gasteiger partial charge in [-0.1, -0.05) is 0 Å². The first kappa shape index (κ1) is 10.7. The van der Waals surface area contributed by atoms with Crippen LogP contribution in [0, 0.1) is 6.92 Å². The van der Waals surface area contributed by atoms with Crippen molar-refractivity contribution >= 4 is 16.9 Å². The molecule has 0 saturated heterocycles. The fourth-order valence-electron chi connectivity index (χ4n) is 1.64. The number of hydrogen-bond donors (Lipinski definition) is 0. The summed E-state index contributed by atoms with van der Waals surface area (Å²) in [6.45, 7) is 2.38. The average Bonchev–Trinajstić information content (AvgIpc) is 2.63. The minimum Gasteiger partial charge on any atom is -0.347 e. The second-order valence-electron chi connectivity index (χ2n) is 4.10. The molecule has 0 bridgehead atoms. The van der Waals surface area contributed by atoms with Gasteiger partial charge in [-0.2, -0.15) is 0 Å². The van der Waals surface area contributed by atoms with E-state index >= 15 is 0 Å². The molecule has 4 heteroatoms. The number of carbonyl (C=O) groups excluding carboxylic acids is 1. The topological polar surface area (TPSA) is 38.1 Å². The lowest BCUT2D eigenvalue weighted by molar-refractivity contribution is -0.129. The highest BCUT2D eigenvalue weighted by atomic mass is 16.2. The fourth-order valence-corrected chi connectivity index (χ4v) is 1.64. The van der Waals surface area contributed by atoms with Gasteiger partial charge in [0.25, 0.3) is 0 Å². The second-order valence-corrected chi connectivity index (χ2v) is 4.10. The van der Waals surface area contributed by atoms with Crippen LogP contribution in [-0.4, -0.2) is 34.5 Å². The molecule has 2 aromatic heterocycles. The first-order chi connectivity index (χ1) is 7.59. The monoisotopic (exact) mass is 217 g/mol. The molecule has 0 radical (unpaired) electrons. The fraction of sp³-hybridized carbons (Fsp3) is 0.333. The van der Waals surface area contributed by atoms with Crippen molar-refractivity contribution in [3.05, 3.63) is 30.1 Å². The van der Waals surface area contributed by atoms with Crippen LogP contribution in [0.15, 0.2) is 24.5 Å². The summed E-state index contributed by atoms with van der Waals surface area (Å²) < 4.78 is 1.88. The molecule has 0 aromatic carbocycles. The predicted molar refractivity (Wildman–Crippen MR) is 63.2 cm³/mol. The summed E-state index contributed by atoms with van der Waals surface area (Å²) in [5.41, 5.74) is 2.05. The Kier molecular flexibility index (Phi) is 2.64. The molecule has 2 heterocycles. The molecule has 0 N–H and O–H groups in total. The number of aromatic nitrogens is 2. The lowest BCUT2D eigenvalue weighted by Gasteiger charge is -2.11. The van der Waals surface area contributed by atoms with E-state index < -0.39 is 0 Å². The summed E-state index contributed by atoms with van der Waals surface area (Å²) >= 11 is 0. The van der Waals surface area contributed by atoms with Crippen LogP contribution >= 0.6 is 0 Å². The van der Waals surface area contributed by atoms with Gasteiger partial charge in [-0.25, -0.2) is 4.98 Å². The van der Waals surface area contributed by atoms with E-state index in [0.717, 1.165) is 11.0 Å². The molecule has 1 amide bonds. The van der Waals surface area contributed by atoms with E-state index in [0.29, 0.717) is 6.54 Å². The minimum absolute atomic E-state index is 0.0702. The minimum atomic E-state index is 0.0702. The van der Waals surface area contributed by atoms with Gasteiger partial charge in [0, 0.05) is 31.9 Å². The molecule has 0 fully saturated rings. The smallest absolute Gasteiger partial charge is 0.242 e. The van der Waals surface area contributed by atoms with E-state index in [1.54, 1.807) is 25.2 Å². The van der Waals surface area contributed by atoms with Gasteiger partial charge in [0.1, 0.15) is 12.2 Å². The number of aryl methyl sites for hydroxylation is 1. The number of rotatable bonds is 2. The van der Waals surface area contributed by atoms with Crippen LogP contribution in [0.5, 0.6) is 0 Å². The maximum Gasteiger partial charge on any atom is 0.242 e. The van der Waals surface area contributed by atoms with Crippen LogP contribution in [0.25, 0.3) is 11.0 Å². The summed E-state index contributed by atoms with van der Waals surface area (Å²) in [4.78, 5) is 17.5. The van der Waals surface area contributed by atoms with Gasteiger partial charge in [-0.05, 0) is 24.6 Å². The molecule has 84 valence electrons. The van der Waals surface area contributed by atoms with Crippen molar-refractivity contribution in [1.29, 1.82) is 0 Å². The number of pyridine rings is 1. The van der Waals surface area contributed by atoms with Crippen molar-refractivity contribution in [3.8, 4) is 0 Å². The Labute approximate surface area is 94.5 Å². The van der Waals surface area contributed by atoms with Crippen molar-refractivity contribution in [1.82, 2.24) is 14.5 Å². The molecule has 0 saturated carbocycles. The second kappa shape index (κ2) is 3.96. The largest absolute Gasteiger partial charge is 0.347 e. The zero-order valence-electron chi connectivity index (χ0n) is 9.77.